The van der Waals surface area contributed by atoms with E-state index in [0.717, 1.165) is 18.4 Å². The van der Waals surface area contributed by atoms with Crippen LogP contribution >= 0.6 is 0 Å². The molecule has 0 saturated heterocycles. The zero-order valence-corrected chi connectivity index (χ0v) is 8.06. The number of nitrogens with one attached hydrogen (secondary N) is 1. The van der Waals surface area contributed by atoms with Crippen LogP contribution in [-0.2, 0) is 0 Å². The van der Waals surface area contributed by atoms with Gasteiger partial charge in [-0.1, -0.05) is 12.1 Å². The lowest BCUT2D eigenvalue weighted by Gasteiger charge is -1.96. The van der Waals surface area contributed by atoms with E-state index >= 15 is 0 Å². The highest BCUT2D eigenvalue weighted by atomic mass is 16.4. The Morgan fingerprint density at radius 1 is 1.40 bits per heavy atom. The summed E-state index contributed by atoms with van der Waals surface area (Å²) >= 11 is 0. The average molecular weight is 202 g/mol. The first-order valence-corrected chi connectivity index (χ1v) is 4.99. The molecule has 1 aliphatic carbocycles. The van der Waals surface area contributed by atoms with Crippen molar-refractivity contribution in [2.24, 2.45) is 0 Å². The summed E-state index contributed by atoms with van der Waals surface area (Å²) in [4.78, 5) is 15.7. The second kappa shape index (κ2) is 3.08. The third kappa shape index (κ3) is 1.58. The number of carbonyl (C=O) groups is 1. The smallest absolute Gasteiger partial charge is 0.307 e. The Hall–Kier alpha value is -1.84. The van der Waals surface area contributed by atoms with Gasteiger partial charge in [-0.25, -0.2) is 4.98 Å². The molecule has 1 aromatic heterocycles. The van der Waals surface area contributed by atoms with Crippen LogP contribution in [0.15, 0.2) is 28.7 Å². The molecule has 4 nitrogen and oxygen atoms in total. The van der Waals surface area contributed by atoms with Gasteiger partial charge in [0.25, 0.3) is 5.89 Å². The molecule has 76 valence electrons. The lowest BCUT2D eigenvalue weighted by Crippen LogP contribution is -2.25. The van der Waals surface area contributed by atoms with Gasteiger partial charge in [0, 0.05) is 6.04 Å². The molecule has 1 heterocycles. The van der Waals surface area contributed by atoms with E-state index in [1.807, 2.05) is 18.2 Å². The molecule has 1 N–H and O–H groups in total. The number of amides is 1. The predicted molar refractivity (Wildman–Crippen MR) is 54.5 cm³/mol. The monoisotopic (exact) mass is 202 g/mol. The number of hydrogen-bond acceptors (Lipinski definition) is 3. The highest BCUT2D eigenvalue weighted by molar-refractivity contribution is 5.92. The van der Waals surface area contributed by atoms with Gasteiger partial charge < -0.3 is 9.73 Å². The zero-order valence-electron chi connectivity index (χ0n) is 8.06. The third-order valence-electron chi connectivity index (χ3n) is 2.40. The standard InChI is InChI=1S/C11H10N2O2/c14-10(12-7-5-6-7)11-13-8-3-1-2-4-9(8)15-11/h1-4,7H,5-6H2,(H,12,14). The van der Waals surface area contributed by atoms with Crippen LogP contribution in [0.2, 0.25) is 0 Å². The maximum atomic E-state index is 11.6. The largest absolute Gasteiger partial charge is 0.432 e. The van der Waals surface area contributed by atoms with E-state index in [-0.39, 0.29) is 11.8 Å². The normalized spacial score (nSPS) is 15.5. The Bertz CT molecular complexity index is 481. The molecule has 0 radical (unpaired) electrons. The number of hydrogen-bond donors (Lipinski definition) is 1. The van der Waals surface area contributed by atoms with Gasteiger partial charge in [0.1, 0.15) is 5.52 Å². The zero-order chi connectivity index (χ0) is 10.3. The van der Waals surface area contributed by atoms with Crippen LogP contribution in [-0.4, -0.2) is 16.9 Å². The molecule has 0 spiro atoms. The molecule has 1 aromatic carbocycles. The molecule has 1 aliphatic rings. The molecule has 0 aliphatic heterocycles. The molecular weight excluding hydrogens is 192 g/mol. The van der Waals surface area contributed by atoms with Gasteiger partial charge in [-0.05, 0) is 25.0 Å². The summed E-state index contributed by atoms with van der Waals surface area (Å²) in [7, 11) is 0. The van der Waals surface area contributed by atoms with Gasteiger partial charge in [0.2, 0.25) is 0 Å². The van der Waals surface area contributed by atoms with Crippen molar-refractivity contribution in [2.75, 3.05) is 0 Å². The van der Waals surface area contributed by atoms with Gasteiger partial charge in [-0.15, -0.1) is 0 Å². The maximum Gasteiger partial charge on any atom is 0.307 e. The van der Waals surface area contributed by atoms with Gasteiger partial charge >= 0.3 is 5.91 Å². The fourth-order valence-corrected chi connectivity index (χ4v) is 1.44. The number of nitrogens with zero attached hydrogens (tertiary/aromatic N) is 1. The first kappa shape index (κ1) is 8.47. The van der Waals surface area contributed by atoms with Crippen molar-refractivity contribution in [1.29, 1.82) is 0 Å². The van der Waals surface area contributed by atoms with Crippen LogP contribution in [0.1, 0.15) is 23.5 Å². The summed E-state index contributed by atoms with van der Waals surface area (Å²) in [6.45, 7) is 0. The molecular formula is C11H10N2O2. The second-order valence-electron chi connectivity index (χ2n) is 3.73. The lowest BCUT2D eigenvalue weighted by atomic mass is 10.3. The van der Waals surface area contributed by atoms with E-state index in [2.05, 4.69) is 10.3 Å². The topological polar surface area (TPSA) is 55.1 Å². The molecule has 1 fully saturated rings. The van der Waals surface area contributed by atoms with E-state index in [1.165, 1.54) is 0 Å². The van der Waals surface area contributed by atoms with Crippen molar-refractivity contribution in [3.8, 4) is 0 Å². The Labute approximate surface area is 86.3 Å². The number of carbonyl (C=O) groups excluding carboxylic acids is 1. The number of benzene rings is 1. The van der Waals surface area contributed by atoms with Gasteiger partial charge in [-0.3, -0.25) is 4.79 Å². The Morgan fingerprint density at radius 2 is 2.20 bits per heavy atom. The quantitative estimate of drug-likeness (QED) is 0.806. The summed E-state index contributed by atoms with van der Waals surface area (Å²) in [5.74, 6) is -0.0585. The summed E-state index contributed by atoms with van der Waals surface area (Å²) in [6, 6.07) is 7.68. The summed E-state index contributed by atoms with van der Waals surface area (Å²) in [5, 5.41) is 2.84. The van der Waals surface area contributed by atoms with Crippen LogP contribution in [0, 0.1) is 0 Å². The second-order valence-corrected chi connectivity index (χ2v) is 3.73. The fraction of sp³-hybridized carbons (Fsp3) is 0.273. The van der Waals surface area contributed by atoms with Crippen LogP contribution in [0.25, 0.3) is 11.1 Å². The molecule has 4 heteroatoms. The van der Waals surface area contributed by atoms with Crippen molar-refractivity contribution in [1.82, 2.24) is 10.3 Å². The highest BCUT2D eigenvalue weighted by Crippen LogP contribution is 2.20. The SMILES string of the molecule is O=C(NC1CC1)c1nc2ccccc2o1. The Kier molecular flexibility index (Phi) is 1.74. The highest BCUT2D eigenvalue weighted by Gasteiger charge is 2.25. The van der Waals surface area contributed by atoms with E-state index in [1.54, 1.807) is 6.07 Å². The Morgan fingerprint density at radius 3 is 2.93 bits per heavy atom. The van der Waals surface area contributed by atoms with Crippen LogP contribution in [0.4, 0.5) is 0 Å². The first-order chi connectivity index (χ1) is 7.33. The van der Waals surface area contributed by atoms with Gasteiger partial charge in [0.15, 0.2) is 5.58 Å². The molecule has 1 amide bonds. The summed E-state index contributed by atoms with van der Waals surface area (Å²) < 4.78 is 5.34. The Balaban J connectivity index is 1.92. The van der Waals surface area contributed by atoms with E-state index in [4.69, 9.17) is 4.42 Å². The van der Waals surface area contributed by atoms with Crippen molar-refractivity contribution >= 4 is 17.0 Å². The van der Waals surface area contributed by atoms with Crippen molar-refractivity contribution in [3.63, 3.8) is 0 Å². The molecule has 0 unspecified atom stereocenters. The minimum Gasteiger partial charge on any atom is -0.432 e. The minimum atomic E-state index is -0.214. The molecule has 0 atom stereocenters. The first-order valence-electron chi connectivity index (χ1n) is 4.99. The minimum absolute atomic E-state index is 0.156. The van der Waals surface area contributed by atoms with Crippen molar-refractivity contribution in [3.05, 3.63) is 30.2 Å². The predicted octanol–water partition coefficient (Wildman–Crippen LogP) is 1.72. The van der Waals surface area contributed by atoms with Crippen LogP contribution in [0.3, 0.4) is 0 Å². The average Bonchev–Trinajstić information content (AvgIpc) is 2.95. The third-order valence-corrected chi connectivity index (χ3v) is 2.40. The van der Waals surface area contributed by atoms with Crippen molar-refractivity contribution < 1.29 is 9.21 Å². The number of rotatable bonds is 2. The molecule has 15 heavy (non-hydrogen) atoms. The van der Waals surface area contributed by atoms with E-state index < -0.39 is 0 Å². The lowest BCUT2D eigenvalue weighted by molar-refractivity contribution is 0.0918. The number of fused-ring (bicyclic) bond motifs is 1. The fourth-order valence-electron chi connectivity index (χ4n) is 1.44. The maximum absolute atomic E-state index is 11.6. The van der Waals surface area contributed by atoms with Crippen LogP contribution in [0.5, 0.6) is 0 Å². The summed E-state index contributed by atoms with van der Waals surface area (Å²) in [5.41, 5.74) is 1.37. The molecule has 2 aromatic rings. The van der Waals surface area contributed by atoms with E-state index in [9.17, 15) is 4.79 Å². The van der Waals surface area contributed by atoms with Gasteiger partial charge in [-0.2, -0.15) is 0 Å². The van der Waals surface area contributed by atoms with Crippen molar-refractivity contribution in [2.45, 2.75) is 18.9 Å². The van der Waals surface area contributed by atoms with Crippen LogP contribution < -0.4 is 5.32 Å². The number of oxazole rings is 1. The molecule has 0 bridgehead atoms. The molecule has 3 rings (SSSR count). The summed E-state index contributed by atoms with van der Waals surface area (Å²) in [6.07, 6.45) is 2.12. The van der Waals surface area contributed by atoms with E-state index in [0.29, 0.717) is 11.6 Å². The number of aromatic nitrogens is 1. The molecule has 1 saturated carbocycles. The number of para-hydroxylation sites is 2. The van der Waals surface area contributed by atoms with Gasteiger partial charge in [0.05, 0.1) is 0 Å².